The van der Waals surface area contributed by atoms with Crippen LogP contribution in [0.3, 0.4) is 0 Å². The number of rotatable bonds is 5. The standard InChI is InChI=1S/C14H22N4/c1-2-3-6-13(18-10-8-16-9-11-18)12-5-4-7-17-14(12)15/h2,4-5,7,13,16H,1,3,6,8-11H2,(H2,15,17)/t13-/m0/s1. The summed E-state index contributed by atoms with van der Waals surface area (Å²) in [5.41, 5.74) is 7.17. The minimum atomic E-state index is 0.360. The number of nitrogens with two attached hydrogens (primary N) is 1. The number of nitrogens with one attached hydrogen (secondary N) is 1. The van der Waals surface area contributed by atoms with Crippen LogP contribution in [0.2, 0.25) is 0 Å². The molecule has 1 fully saturated rings. The van der Waals surface area contributed by atoms with Gasteiger partial charge in [0.2, 0.25) is 0 Å². The molecule has 1 aliphatic heterocycles. The number of hydrogen-bond acceptors (Lipinski definition) is 4. The molecule has 4 heteroatoms. The van der Waals surface area contributed by atoms with Crippen molar-refractivity contribution in [2.75, 3.05) is 31.9 Å². The Labute approximate surface area is 109 Å². The van der Waals surface area contributed by atoms with Gasteiger partial charge in [-0.05, 0) is 18.9 Å². The largest absolute Gasteiger partial charge is 0.383 e. The third kappa shape index (κ3) is 3.09. The SMILES string of the molecule is C=CCC[C@@H](c1cccnc1N)N1CCNCC1. The summed E-state index contributed by atoms with van der Waals surface area (Å²) in [4.78, 5) is 6.71. The van der Waals surface area contributed by atoms with Crippen molar-refractivity contribution < 1.29 is 0 Å². The van der Waals surface area contributed by atoms with E-state index in [9.17, 15) is 0 Å². The lowest BCUT2D eigenvalue weighted by Gasteiger charge is -2.35. The molecule has 4 nitrogen and oxygen atoms in total. The molecular formula is C14H22N4. The Balaban J connectivity index is 2.18. The van der Waals surface area contributed by atoms with Crippen LogP contribution in [0.4, 0.5) is 5.82 Å². The van der Waals surface area contributed by atoms with Gasteiger partial charge in [-0.1, -0.05) is 12.1 Å². The van der Waals surface area contributed by atoms with Gasteiger partial charge in [0.25, 0.3) is 0 Å². The number of aromatic nitrogens is 1. The average Bonchev–Trinajstić information content (AvgIpc) is 2.42. The van der Waals surface area contributed by atoms with Gasteiger partial charge in [-0.3, -0.25) is 4.90 Å². The summed E-state index contributed by atoms with van der Waals surface area (Å²) in [7, 11) is 0. The summed E-state index contributed by atoms with van der Waals surface area (Å²) >= 11 is 0. The Morgan fingerprint density at radius 1 is 1.50 bits per heavy atom. The molecule has 1 aliphatic rings. The molecule has 0 unspecified atom stereocenters. The second kappa shape index (κ2) is 6.52. The van der Waals surface area contributed by atoms with Crippen molar-refractivity contribution in [3.05, 3.63) is 36.5 Å². The van der Waals surface area contributed by atoms with Crippen molar-refractivity contribution in [3.8, 4) is 0 Å². The Morgan fingerprint density at radius 3 is 2.94 bits per heavy atom. The van der Waals surface area contributed by atoms with E-state index < -0.39 is 0 Å². The lowest BCUT2D eigenvalue weighted by molar-refractivity contribution is 0.166. The van der Waals surface area contributed by atoms with E-state index in [2.05, 4.69) is 27.8 Å². The molecule has 0 bridgehead atoms. The lowest BCUT2D eigenvalue weighted by atomic mass is 10.00. The molecule has 2 heterocycles. The second-order valence-electron chi connectivity index (χ2n) is 4.65. The number of anilines is 1. The third-order valence-corrected chi connectivity index (χ3v) is 3.47. The maximum atomic E-state index is 6.02. The van der Waals surface area contributed by atoms with Crippen LogP contribution in [0.5, 0.6) is 0 Å². The highest BCUT2D eigenvalue weighted by Crippen LogP contribution is 2.29. The molecule has 3 N–H and O–H groups in total. The van der Waals surface area contributed by atoms with E-state index in [1.165, 1.54) is 0 Å². The molecule has 0 radical (unpaired) electrons. The number of piperazine rings is 1. The molecule has 1 atom stereocenters. The van der Waals surface area contributed by atoms with Crippen molar-refractivity contribution in [2.24, 2.45) is 0 Å². The summed E-state index contributed by atoms with van der Waals surface area (Å²) in [5.74, 6) is 0.657. The Bertz CT molecular complexity index is 385. The van der Waals surface area contributed by atoms with Crippen molar-refractivity contribution in [2.45, 2.75) is 18.9 Å². The molecule has 1 saturated heterocycles. The quantitative estimate of drug-likeness (QED) is 0.774. The molecule has 0 amide bonds. The first-order valence-electron chi connectivity index (χ1n) is 6.59. The third-order valence-electron chi connectivity index (χ3n) is 3.47. The normalized spacial score (nSPS) is 18.4. The highest BCUT2D eigenvalue weighted by atomic mass is 15.2. The summed E-state index contributed by atoms with van der Waals surface area (Å²) < 4.78 is 0. The molecular weight excluding hydrogens is 224 g/mol. The maximum Gasteiger partial charge on any atom is 0.128 e. The fourth-order valence-electron chi connectivity index (χ4n) is 2.52. The van der Waals surface area contributed by atoms with Crippen molar-refractivity contribution in [3.63, 3.8) is 0 Å². The predicted molar refractivity (Wildman–Crippen MR) is 75.3 cm³/mol. The van der Waals surface area contributed by atoms with Crippen molar-refractivity contribution in [1.82, 2.24) is 15.2 Å². The van der Waals surface area contributed by atoms with Crippen molar-refractivity contribution >= 4 is 5.82 Å². The first kappa shape index (κ1) is 13.1. The van der Waals surface area contributed by atoms with E-state index in [-0.39, 0.29) is 0 Å². The average molecular weight is 246 g/mol. The van der Waals surface area contributed by atoms with Crippen LogP contribution in [0.15, 0.2) is 31.0 Å². The topological polar surface area (TPSA) is 54.2 Å². The second-order valence-corrected chi connectivity index (χ2v) is 4.65. The van der Waals surface area contributed by atoms with Gasteiger partial charge in [-0.15, -0.1) is 6.58 Å². The first-order valence-corrected chi connectivity index (χ1v) is 6.59. The van der Waals surface area contributed by atoms with E-state index in [4.69, 9.17) is 5.73 Å². The zero-order valence-corrected chi connectivity index (χ0v) is 10.8. The molecule has 1 aromatic heterocycles. The summed E-state index contributed by atoms with van der Waals surface area (Å²) in [6, 6.07) is 4.42. The van der Waals surface area contributed by atoms with E-state index in [1.54, 1.807) is 6.20 Å². The van der Waals surface area contributed by atoms with Crippen LogP contribution >= 0.6 is 0 Å². The van der Waals surface area contributed by atoms with Crippen LogP contribution < -0.4 is 11.1 Å². The number of nitrogen functional groups attached to an aromatic ring is 1. The van der Waals surface area contributed by atoms with Gasteiger partial charge in [0.05, 0.1) is 0 Å². The molecule has 0 spiro atoms. The smallest absolute Gasteiger partial charge is 0.128 e. The Hall–Kier alpha value is -1.39. The van der Waals surface area contributed by atoms with E-state index in [1.807, 2.05) is 12.1 Å². The van der Waals surface area contributed by atoms with Crippen molar-refractivity contribution in [1.29, 1.82) is 0 Å². The predicted octanol–water partition coefficient (Wildman–Crippen LogP) is 1.58. The molecule has 2 rings (SSSR count). The van der Waals surface area contributed by atoms with Gasteiger partial charge in [-0.25, -0.2) is 4.98 Å². The molecule has 0 saturated carbocycles. The summed E-state index contributed by atoms with van der Waals surface area (Å²) in [5, 5.41) is 3.38. The van der Waals surface area contributed by atoms with Gasteiger partial charge < -0.3 is 11.1 Å². The molecule has 98 valence electrons. The van der Waals surface area contributed by atoms with Gasteiger partial charge in [-0.2, -0.15) is 0 Å². The molecule has 0 aliphatic carbocycles. The number of allylic oxidation sites excluding steroid dienone is 1. The van der Waals surface area contributed by atoms with Crippen LogP contribution in [0, 0.1) is 0 Å². The van der Waals surface area contributed by atoms with E-state index >= 15 is 0 Å². The fourth-order valence-corrected chi connectivity index (χ4v) is 2.52. The summed E-state index contributed by atoms with van der Waals surface area (Å²) in [6.07, 6.45) is 5.78. The maximum absolute atomic E-state index is 6.02. The first-order chi connectivity index (χ1) is 8.83. The minimum Gasteiger partial charge on any atom is -0.383 e. The zero-order valence-electron chi connectivity index (χ0n) is 10.8. The van der Waals surface area contributed by atoms with Gasteiger partial charge in [0.15, 0.2) is 0 Å². The highest BCUT2D eigenvalue weighted by Gasteiger charge is 2.23. The van der Waals surface area contributed by atoms with Crippen LogP contribution in [0.25, 0.3) is 0 Å². The number of nitrogens with zero attached hydrogens (tertiary/aromatic N) is 2. The monoisotopic (exact) mass is 246 g/mol. The van der Waals surface area contributed by atoms with E-state index in [0.717, 1.165) is 44.6 Å². The van der Waals surface area contributed by atoms with Crippen LogP contribution in [0.1, 0.15) is 24.4 Å². The molecule has 18 heavy (non-hydrogen) atoms. The van der Waals surface area contributed by atoms with Gasteiger partial charge in [0, 0.05) is 44.0 Å². The lowest BCUT2D eigenvalue weighted by Crippen LogP contribution is -2.45. The number of pyridine rings is 1. The highest BCUT2D eigenvalue weighted by molar-refractivity contribution is 5.41. The molecule has 0 aromatic carbocycles. The van der Waals surface area contributed by atoms with E-state index in [0.29, 0.717) is 11.9 Å². The fraction of sp³-hybridized carbons (Fsp3) is 0.500. The Morgan fingerprint density at radius 2 is 2.28 bits per heavy atom. The molecule has 1 aromatic rings. The zero-order chi connectivity index (χ0) is 12.8. The van der Waals surface area contributed by atoms with Gasteiger partial charge in [0.1, 0.15) is 5.82 Å². The Kier molecular flexibility index (Phi) is 4.73. The van der Waals surface area contributed by atoms with Gasteiger partial charge >= 0.3 is 0 Å². The minimum absolute atomic E-state index is 0.360. The van der Waals surface area contributed by atoms with Crippen LogP contribution in [-0.4, -0.2) is 36.1 Å². The number of hydrogen-bond donors (Lipinski definition) is 2. The summed E-state index contributed by atoms with van der Waals surface area (Å²) in [6.45, 7) is 8.04. The van der Waals surface area contributed by atoms with Crippen LogP contribution in [-0.2, 0) is 0 Å².